The zero-order valence-electron chi connectivity index (χ0n) is 13.1. The number of carbonyl (C=O) groups excluding carboxylic acids is 1. The number of ether oxygens (including phenoxy) is 1. The summed E-state index contributed by atoms with van der Waals surface area (Å²) in [7, 11) is 0. The molecule has 0 bridgehead atoms. The lowest BCUT2D eigenvalue weighted by molar-refractivity contribution is 0.0284. The van der Waals surface area contributed by atoms with Crippen molar-refractivity contribution < 1.29 is 9.53 Å². The van der Waals surface area contributed by atoms with Crippen molar-refractivity contribution in [1.82, 2.24) is 15.3 Å². The number of para-hydroxylation sites is 2. The van der Waals surface area contributed by atoms with Crippen LogP contribution >= 0.6 is 0 Å². The molecule has 0 saturated carbocycles. The number of hydrogen-bond acceptors (Lipinski definition) is 4. The van der Waals surface area contributed by atoms with Gasteiger partial charge in [0.25, 0.3) is 5.91 Å². The van der Waals surface area contributed by atoms with Crippen LogP contribution in [0.1, 0.15) is 21.6 Å². The topological polar surface area (TPSA) is 64.1 Å². The molecule has 0 spiro atoms. The fraction of sp³-hybridized carbons (Fsp3) is 0.211. The Hall–Kier alpha value is -2.79. The molecule has 1 atom stereocenters. The first kappa shape index (κ1) is 14.8. The van der Waals surface area contributed by atoms with E-state index in [1.54, 1.807) is 0 Å². The molecular formula is C19H17N3O2. The van der Waals surface area contributed by atoms with Crippen molar-refractivity contribution in [3.8, 4) is 0 Å². The monoisotopic (exact) mass is 319 g/mol. The third-order valence-electron chi connectivity index (χ3n) is 4.21. The van der Waals surface area contributed by atoms with E-state index in [-0.39, 0.29) is 12.0 Å². The second-order valence-corrected chi connectivity index (χ2v) is 5.86. The second-order valence-electron chi connectivity index (χ2n) is 5.86. The van der Waals surface area contributed by atoms with Crippen molar-refractivity contribution in [2.45, 2.75) is 19.1 Å². The third-order valence-corrected chi connectivity index (χ3v) is 4.21. The van der Waals surface area contributed by atoms with Crippen LogP contribution in [0.4, 0.5) is 0 Å². The van der Waals surface area contributed by atoms with Gasteiger partial charge < -0.3 is 10.1 Å². The van der Waals surface area contributed by atoms with E-state index in [2.05, 4.69) is 27.4 Å². The molecule has 1 aliphatic heterocycles. The summed E-state index contributed by atoms with van der Waals surface area (Å²) >= 11 is 0. The number of nitrogens with one attached hydrogen (secondary N) is 1. The van der Waals surface area contributed by atoms with Gasteiger partial charge in [0.05, 0.1) is 29.9 Å². The summed E-state index contributed by atoms with van der Waals surface area (Å²) in [5.41, 5.74) is 4.33. The first-order valence-corrected chi connectivity index (χ1v) is 7.98. The van der Waals surface area contributed by atoms with E-state index in [1.165, 1.54) is 17.3 Å². The third kappa shape index (κ3) is 2.98. The maximum atomic E-state index is 12.3. The molecule has 3 aromatic rings. The Labute approximate surface area is 139 Å². The maximum absolute atomic E-state index is 12.3. The van der Waals surface area contributed by atoms with Gasteiger partial charge in [0.2, 0.25) is 0 Å². The largest absolute Gasteiger partial charge is 0.371 e. The molecule has 1 aliphatic rings. The van der Waals surface area contributed by atoms with Crippen molar-refractivity contribution in [1.29, 1.82) is 0 Å². The van der Waals surface area contributed by atoms with Gasteiger partial charge in [-0.2, -0.15) is 0 Å². The Kier molecular flexibility index (Phi) is 3.92. The second kappa shape index (κ2) is 6.37. The van der Waals surface area contributed by atoms with Gasteiger partial charge in [-0.25, -0.2) is 4.98 Å². The van der Waals surface area contributed by atoms with E-state index in [4.69, 9.17) is 4.74 Å². The van der Waals surface area contributed by atoms with Crippen LogP contribution in [0.5, 0.6) is 0 Å². The predicted octanol–water partition coefficient (Wildman–Crippen LogP) is 2.50. The smallest absolute Gasteiger partial charge is 0.271 e. The van der Waals surface area contributed by atoms with Crippen LogP contribution in [0.3, 0.4) is 0 Å². The number of aromatic nitrogens is 2. The highest BCUT2D eigenvalue weighted by molar-refractivity contribution is 5.93. The number of amides is 1. The van der Waals surface area contributed by atoms with Gasteiger partial charge in [0, 0.05) is 13.0 Å². The SMILES string of the molecule is O=C(NCC1Cc2ccccc2CO1)c1cnc2ccccc2n1. The van der Waals surface area contributed by atoms with Crippen molar-refractivity contribution in [2.75, 3.05) is 6.54 Å². The summed E-state index contributed by atoms with van der Waals surface area (Å²) < 4.78 is 5.81. The highest BCUT2D eigenvalue weighted by Crippen LogP contribution is 2.19. The zero-order chi connectivity index (χ0) is 16.4. The molecular weight excluding hydrogens is 302 g/mol. The van der Waals surface area contributed by atoms with E-state index in [0.717, 1.165) is 11.9 Å². The lowest BCUT2D eigenvalue weighted by Gasteiger charge is -2.25. The summed E-state index contributed by atoms with van der Waals surface area (Å²) in [6, 6.07) is 15.7. The number of nitrogens with zero attached hydrogens (tertiary/aromatic N) is 2. The fourth-order valence-electron chi connectivity index (χ4n) is 2.90. The normalized spacial score (nSPS) is 16.6. The molecule has 0 saturated heterocycles. The molecule has 1 aromatic heterocycles. The Morgan fingerprint density at radius 2 is 1.83 bits per heavy atom. The highest BCUT2D eigenvalue weighted by Gasteiger charge is 2.20. The van der Waals surface area contributed by atoms with Gasteiger partial charge >= 0.3 is 0 Å². The van der Waals surface area contributed by atoms with Crippen molar-refractivity contribution in [2.24, 2.45) is 0 Å². The van der Waals surface area contributed by atoms with Gasteiger partial charge in [0.15, 0.2) is 0 Å². The highest BCUT2D eigenvalue weighted by atomic mass is 16.5. The van der Waals surface area contributed by atoms with E-state index >= 15 is 0 Å². The number of hydrogen-bond donors (Lipinski definition) is 1. The van der Waals surface area contributed by atoms with Crippen LogP contribution in [0.25, 0.3) is 11.0 Å². The van der Waals surface area contributed by atoms with Crippen LogP contribution < -0.4 is 5.32 Å². The van der Waals surface area contributed by atoms with Gasteiger partial charge in [0.1, 0.15) is 5.69 Å². The number of fused-ring (bicyclic) bond motifs is 2. The Morgan fingerprint density at radius 1 is 1.08 bits per heavy atom. The van der Waals surface area contributed by atoms with Gasteiger partial charge in [-0.15, -0.1) is 0 Å². The molecule has 5 nitrogen and oxygen atoms in total. The Bertz CT molecular complexity index is 894. The first-order chi connectivity index (χ1) is 11.8. The van der Waals surface area contributed by atoms with Crippen LogP contribution in [0, 0.1) is 0 Å². The minimum Gasteiger partial charge on any atom is -0.371 e. The van der Waals surface area contributed by atoms with Crippen LogP contribution in [-0.4, -0.2) is 28.5 Å². The predicted molar refractivity (Wildman–Crippen MR) is 90.6 cm³/mol. The molecule has 0 fully saturated rings. The zero-order valence-corrected chi connectivity index (χ0v) is 13.1. The number of benzene rings is 2. The average molecular weight is 319 g/mol. The average Bonchev–Trinajstić information content (AvgIpc) is 2.65. The molecule has 0 aliphatic carbocycles. The van der Waals surface area contributed by atoms with E-state index in [9.17, 15) is 4.79 Å². The van der Waals surface area contributed by atoms with Crippen molar-refractivity contribution >= 4 is 16.9 Å². The van der Waals surface area contributed by atoms with E-state index in [0.29, 0.717) is 24.4 Å². The van der Waals surface area contributed by atoms with Crippen molar-refractivity contribution in [3.05, 3.63) is 71.5 Å². The van der Waals surface area contributed by atoms with E-state index < -0.39 is 0 Å². The minimum absolute atomic E-state index is 0.0164. The standard InChI is InChI=1S/C19H17N3O2/c23-19(18-11-20-16-7-3-4-8-17(16)22-18)21-10-15-9-13-5-1-2-6-14(13)12-24-15/h1-8,11,15H,9-10,12H2,(H,21,23). The first-order valence-electron chi connectivity index (χ1n) is 7.98. The summed E-state index contributed by atoms with van der Waals surface area (Å²) in [5.74, 6) is -0.226. The maximum Gasteiger partial charge on any atom is 0.271 e. The molecule has 1 amide bonds. The number of carbonyl (C=O) groups is 1. The van der Waals surface area contributed by atoms with Gasteiger partial charge in [-0.05, 0) is 23.3 Å². The van der Waals surface area contributed by atoms with Gasteiger partial charge in [-0.3, -0.25) is 9.78 Å². The summed E-state index contributed by atoms with van der Waals surface area (Å²) in [6.45, 7) is 1.05. The van der Waals surface area contributed by atoms with Crippen LogP contribution in [0.2, 0.25) is 0 Å². The summed E-state index contributed by atoms with van der Waals surface area (Å²) in [4.78, 5) is 20.9. The quantitative estimate of drug-likeness (QED) is 0.805. The fourth-order valence-corrected chi connectivity index (χ4v) is 2.90. The Balaban J connectivity index is 1.41. The molecule has 2 aromatic carbocycles. The van der Waals surface area contributed by atoms with Crippen LogP contribution in [-0.2, 0) is 17.8 Å². The lowest BCUT2D eigenvalue weighted by Crippen LogP contribution is -2.37. The van der Waals surface area contributed by atoms with E-state index in [1.807, 2.05) is 36.4 Å². The minimum atomic E-state index is -0.226. The molecule has 1 unspecified atom stereocenters. The molecule has 1 N–H and O–H groups in total. The molecule has 2 heterocycles. The number of rotatable bonds is 3. The molecule has 0 radical (unpaired) electrons. The lowest BCUT2D eigenvalue weighted by atomic mass is 9.99. The molecule has 5 heteroatoms. The Morgan fingerprint density at radius 3 is 2.71 bits per heavy atom. The molecule has 24 heavy (non-hydrogen) atoms. The summed E-state index contributed by atoms with van der Waals surface area (Å²) in [6.07, 6.45) is 2.30. The van der Waals surface area contributed by atoms with Crippen LogP contribution in [0.15, 0.2) is 54.7 Å². The van der Waals surface area contributed by atoms with Crippen molar-refractivity contribution in [3.63, 3.8) is 0 Å². The summed E-state index contributed by atoms with van der Waals surface area (Å²) in [5, 5.41) is 2.90. The van der Waals surface area contributed by atoms with Gasteiger partial charge in [-0.1, -0.05) is 36.4 Å². The molecule has 4 rings (SSSR count). The molecule has 120 valence electrons.